The molecule has 2 aromatic rings. The quantitative estimate of drug-likeness (QED) is 0.446. The van der Waals surface area contributed by atoms with E-state index in [4.69, 9.17) is 9.47 Å². The first-order chi connectivity index (χ1) is 20.1. The maximum Gasteiger partial charge on any atom is 0.258 e. The molecule has 3 rings (SSSR count). The summed E-state index contributed by atoms with van der Waals surface area (Å²) in [6, 6.07) is 8.42. The molecular formula is C29H42FN3O8S2. The third kappa shape index (κ3) is 9.60. The van der Waals surface area contributed by atoms with Crippen LogP contribution in [0.25, 0.3) is 0 Å². The number of fused-ring (bicyclic) bond motifs is 1. The predicted octanol–water partition coefficient (Wildman–Crippen LogP) is 3.31. The van der Waals surface area contributed by atoms with Crippen LogP contribution in [0.15, 0.2) is 47.4 Å². The molecule has 11 nitrogen and oxygen atoms in total. The highest BCUT2D eigenvalue weighted by atomic mass is 32.2. The summed E-state index contributed by atoms with van der Waals surface area (Å²) in [5.41, 5.74) is 0.309. The van der Waals surface area contributed by atoms with Gasteiger partial charge in [0.1, 0.15) is 11.6 Å². The molecule has 2 N–H and O–H groups in total. The Morgan fingerprint density at radius 3 is 2.42 bits per heavy atom. The monoisotopic (exact) mass is 643 g/mol. The minimum absolute atomic E-state index is 0.0328. The maximum absolute atomic E-state index is 14.1. The summed E-state index contributed by atoms with van der Waals surface area (Å²) < 4.78 is 79.6. The number of hydrogen-bond acceptors (Lipinski definition) is 8. The van der Waals surface area contributed by atoms with Crippen molar-refractivity contribution in [2.24, 2.45) is 5.92 Å². The van der Waals surface area contributed by atoms with Gasteiger partial charge in [0.25, 0.3) is 5.91 Å². The number of likely N-dealkylation sites (N-methyl/N-ethyl adjacent to an activating group) is 1. The van der Waals surface area contributed by atoms with Crippen molar-refractivity contribution in [3.63, 3.8) is 0 Å². The highest BCUT2D eigenvalue weighted by Crippen LogP contribution is 2.29. The van der Waals surface area contributed by atoms with Crippen LogP contribution in [-0.2, 0) is 24.8 Å². The average Bonchev–Trinajstić information content (AvgIpc) is 2.93. The Bertz CT molecular complexity index is 1450. The first-order valence-corrected chi connectivity index (χ1v) is 17.5. The van der Waals surface area contributed by atoms with Gasteiger partial charge in [-0.05, 0) is 75.6 Å². The van der Waals surface area contributed by atoms with Gasteiger partial charge in [0.15, 0.2) is 0 Å². The van der Waals surface area contributed by atoms with Crippen molar-refractivity contribution in [1.29, 1.82) is 0 Å². The summed E-state index contributed by atoms with van der Waals surface area (Å²) in [5, 5.41) is 10.1. The van der Waals surface area contributed by atoms with Crippen LogP contribution >= 0.6 is 0 Å². The van der Waals surface area contributed by atoms with Crippen molar-refractivity contribution >= 4 is 31.6 Å². The van der Waals surface area contributed by atoms with E-state index in [2.05, 4.69) is 4.72 Å². The maximum atomic E-state index is 14.1. The molecule has 0 bridgehead atoms. The lowest BCUT2D eigenvalue weighted by molar-refractivity contribution is -0.00833. The zero-order valence-electron chi connectivity index (χ0n) is 25.2. The highest BCUT2D eigenvalue weighted by Gasteiger charge is 2.32. The van der Waals surface area contributed by atoms with Crippen molar-refractivity contribution in [3.05, 3.63) is 53.8 Å². The summed E-state index contributed by atoms with van der Waals surface area (Å²) in [6.07, 6.45) is 2.19. The number of aliphatic hydroxyl groups excluding tert-OH is 1. The molecule has 0 fully saturated rings. The lowest BCUT2D eigenvalue weighted by Gasteiger charge is -2.35. The van der Waals surface area contributed by atoms with Gasteiger partial charge in [-0.2, -0.15) is 4.31 Å². The predicted molar refractivity (Wildman–Crippen MR) is 162 cm³/mol. The zero-order chi connectivity index (χ0) is 31.9. The molecule has 1 aliphatic rings. The minimum atomic E-state index is -3.96. The Labute approximate surface area is 254 Å². The SMILES string of the molecule is C[C@@H]1CN([C@H](C)CO)C(=O)c2cc(NS(C)(=O)=O)ccc2O[C@@H](C)CCCCO[C@H]1CN(C)S(=O)(=O)c1ccc(F)cc1. The second kappa shape index (κ2) is 14.8. The molecule has 1 amide bonds. The van der Waals surface area contributed by atoms with E-state index in [0.717, 1.165) is 29.1 Å². The van der Waals surface area contributed by atoms with E-state index in [1.54, 1.807) is 13.0 Å². The largest absolute Gasteiger partial charge is 0.490 e. The average molecular weight is 644 g/mol. The summed E-state index contributed by atoms with van der Waals surface area (Å²) in [5.74, 6) is -1.15. The normalized spacial score (nSPS) is 21.9. The van der Waals surface area contributed by atoms with E-state index in [1.165, 1.54) is 36.2 Å². The molecule has 0 spiro atoms. The number of benzene rings is 2. The van der Waals surface area contributed by atoms with Crippen LogP contribution in [-0.4, -0.2) is 94.9 Å². The van der Waals surface area contributed by atoms with Gasteiger partial charge >= 0.3 is 0 Å². The number of hydrogen-bond donors (Lipinski definition) is 2. The Morgan fingerprint density at radius 1 is 1.12 bits per heavy atom. The van der Waals surface area contributed by atoms with Crippen LogP contribution < -0.4 is 9.46 Å². The van der Waals surface area contributed by atoms with Crippen molar-refractivity contribution in [1.82, 2.24) is 9.21 Å². The molecule has 0 aliphatic carbocycles. The van der Waals surface area contributed by atoms with E-state index in [9.17, 15) is 31.1 Å². The minimum Gasteiger partial charge on any atom is -0.490 e. The lowest BCUT2D eigenvalue weighted by Crippen LogP contribution is -2.48. The Morgan fingerprint density at radius 2 is 1.79 bits per heavy atom. The number of rotatable bonds is 8. The van der Waals surface area contributed by atoms with E-state index >= 15 is 0 Å². The van der Waals surface area contributed by atoms with Gasteiger partial charge in [-0.1, -0.05) is 6.92 Å². The molecule has 43 heavy (non-hydrogen) atoms. The number of aliphatic hydroxyl groups is 1. The Kier molecular flexibility index (Phi) is 11.9. The smallest absolute Gasteiger partial charge is 0.258 e. The number of sulfonamides is 2. The highest BCUT2D eigenvalue weighted by molar-refractivity contribution is 7.92. The van der Waals surface area contributed by atoms with Crippen LogP contribution in [0.4, 0.5) is 10.1 Å². The molecule has 14 heteroatoms. The summed E-state index contributed by atoms with van der Waals surface area (Å²) in [6.45, 7) is 5.45. The number of nitrogens with one attached hydrogen (secondary N) is 1. The number of nitrogens with zero attached hydrogens (tertiary/aromatic N) is 2. The van der Waals surface area contributed by atoms with E-state index < -0.39 is 49.8 Å². The van der Waals surface area contributed by atoms with Crippen LogP contribution in [0.5, 0.6) is 5.75 Å². The van der Waals surface area contributed by atoms with E-state index in [-0.39, 0.29) is 47.7 Å². The standard InChI is InChI=1S/C29H42FN3O8S2/c1-20-17-33(21(2)19-34)29(35)26-16-24(31-42(5,36)37)11-14-27(26)41-22(3)8-6-7-15-40-28(20)18-32(4)43(38,39)25-12-9-23(30)10-13-25/h9-14,16,20-22,28,31,34H,6-8,15,17-19H2,1-5H3/t20-,21-,22+,28+/m1/s1. The molecule has 0 saturated carbocycles. The number of ether oxygens (including phenoxy) is 2. The van der Waals surface area contributed by atoms with Crippen molar-refractivity contribution in [2.75, 3.05) is 44.3 Å². The Hall–Kier alpha value is -2.78. The number of carbonyl (C=O) groups excluding carboxylic acids is 1. The lowest BCUT2D eigenvalue weighted by atomic mass is 10.0. The summed E-state index contributed by atoms with van der Waals surface area (Å²) >= 11 is 0. The van der Waals surface area contributed by atoms with E-state index in [0.29, 0.717) is 19.4 Å². The third-order valence-corrected chi connectivity index (χ3v) is 9.76. The summed E-state index contributed by atoms with van der Waals surface area (Å²) in [4.78, 5) is 15.5. The number of carbonyl (C=O) groups is 1. The molecule has 4 atom stereocenters. The number of anilines is 1. The number of amides is 1. The van der Waals surface area contributed by atoms with Crippen LogP contribution in [0.1, 0.15) is 50.4 Å². The molecule has 0 radical (unpaired) electrons. The topological polar surface area (TPSA) is 143 Å². The molecule has 0 saturated heterocycles. The molecule has 0 aromatic heterocycles. The Balaban J connectivity index is 1.98. The molecular weight excluding hydrogens is 601 g/mol. The van der Waals surface area contributed by atoms with Gasteiger partial charge in [-0.3, -0.25) is 9.52 Å². The van der Waals surface area contributed by atoms with Crippen molar-refractivity contribution in [3.8, 4) is 5.75 Å². The fraction of sp³-hybridized carbons (Fsp3) is 0.552. The number of halogens is 1. The first-order valence-electron chi connectivity index (χ1n) is 14.2. The van der Waals surface area contributed by atoms with Gasteiger partial charge in [-0.15, -0.1) is 0 Å². The van der Waals surface area contributed by atoms with Gasteiger partial charge in [0, 0.05) is 38.3 Å². The van der Waals surface area contributed by atoms with Crippen molar-refractivity contribution in [2.45, 2.75) is 63.2 Å². The first kappa shape index (κ1) is 34.7. The fourth-order valence-corrected chi connectivity index (χ4v) is 6.54. The van der Waals surface area contributed by atoms with Crippen LogP contribution in [0, 0.1) is 11.7 Å². The molecule has 2 aromatic carbocycles. The van der Waals surface area contributed by atoms with E-state index in [1.807, 2.05) is 13.8 Å². The van der Waals surface area contributed by atoms with Gasteiger partial charge in [0.05, 0.1) is 41.6 Å². The second-order valence-corrected chi connectivity index (χ2v) is 14.9. The fourth-order valence-electron chi connectivity index (χ4n) is 4.80. The molecule has 1 aliphatic heterocycles. The van der Waals surface area contributed by atoms with Gasteiger partial charge in [-0.25, -0.2) is 21.2 Å². The van der Waals surface area contributed by atoms with Crippen LogP contribution in [0.3, 0.4) is 0 Å². The second-order valence-electron chi connectivity index (χ2n) is 11.1. The molecule has 240 valence electrons. The third-order valence-electron chi connectivity index (χ3n) is 7.31. The molecule has 1 heterocycles. The van der Waals surface area contributed by atoms with Crippen molar-refractivity contribution < 1.29 is 40.6 Å². The summed E-state index contributed by atoms with van der Waals surface area (Å²) in [7, 11) is -6.16. The van der Waals surface area contributed by atoms with Gasteiger partial charge < -0.3 is 19.5 Å². The van der Waals surface area contributed by atoms with Gasteiger partial charge in [0.2, 0.25) is 20.0 Å². The van der Waals surface area contributed by atoms with Crippen LogP contribution in [0.2, 0.25) is 0 Å². The zero-order valence-corrected chi connectivity index (χ0v) is 26.8. The molecule has 0 unspecified atom stereocenters.